The van der Waals surface area contributed by atoms with Crippen LogP contribution < -0.4 is 291 Å². The molecule has 6 aliphatic heterocycles. The van der Waals surface area contributed by atoms with Crippen LogP contribution in [0.1, 0.15) is 184 Å². The Bertz CT molecular complexity index is 4810. The molecule has 6 heterocycles. The molecule has 6 rings (SSSR count). The molecule has 0 aromatic heterocycles. The number of carbonyl (C=O) groups is 11. The molecule has 0 aromatic carbocycles. The molecule has 146 heavy (non-hydrogen) atoms. The van der Waals surface area contributed by atoms with Crippen LogP contribution in [0.2, 0.25) is 0 Å². The number of unbranched alkanes of at least 4 members (excludes halogenated alkanes) is 10. The summed E-state index contributed by atoms with van der Waals surface area (Å²) in [5.41, 5.74) is 0. The quantitative estimate of drug-likeness (QED) is 0.00943. The standard InChI is InChI=1S/C72H114N2O57S6.9Na/c1-9-14-19-24-40(79)117-48-36(29-75)114-37(30-109-133(94,95)96)49(48)122-72-64(131-137(106,107)108)59(121-44(83)28-23-18-13-5)57(61(129-72)67(89)90)127-69-46(74-132(91,92)93)53(130-136(103,104)105)51(39(116-69)32-111-135(100,101)102)124-71-63(113-35(8)78)58(120-43(82)27-22-17-12-4)56(60(128-71)66(87)88)126-68-45(73-33(6)76)52(118-41(80)25-20-15-10-2)50(38(115-68)31-110-134(97,98)99)123-70-62(112-34(7)77)54(47(84)55(125-70)65(85)86)119-42(81)26-21-16-11-3;;;;;;;;;/h36-39,45-64,68-72,74-75,84H,9-32H2,1-8H3,(H,73,76)(H,85,86)(H,87,88)(H,89,90)(H,91,92,93)(H,94,95,96)(H,97,98,99)(H,100,101,102)(H,103,104,105)(H,106,107,108);;;;;;;;;/q;9*+1/p-8. The summed E-state index contributed by atoms with van der Waals surface area (Å²) >= 11 is 0. The Kier molecular flexibility index (Phi) is 77.1. The molecule has 0 spiro atoms. The van der Waals surface area contributed by atoms with Gasteiger partial charge in [0.05, 0.1) is 44.3 Å². The first kappa shape index (κ1) is 154. The molecule has 59 nitrogen and oxygen atoms in total. The molecule has 6 aliphatic rings. The van der Waals surface area contributed by atoms with Gasteiger partial charge >= 0.3 is 318 Å². The average molecular weight is 2310 g/mol. The summed E-state index contributed by atoms with van der Waals surface area (Å²) in [5.74, 6) is -19.0. The molecule has 29 atom stereocenters. The van der Waals surface area contributed by atoms with Crippen molar-refractivity contribution in [2.45, 2.75) is 362 Å². The molecule has 6 fully saturated rings. The van der Waals surface area contributed by atoms with Crippen molar-refractivity contribution in [3.63, 3.8) is 0 Å². The van der Waals surface area contributed by atoms with E-state index in [9.17, 15) is 156 Å². The van der Waals surface area contributed by atoms with Crippen molar-refractivity contribution < 1.29 is 528 Å². The minimum absolute atomic E-state index is 0. The van der Waals surface area contributed by atoms with Crippen LogP contribution in [-0.4, -0.2) is 358 Å². The van der Waals surface area contributed by atoms with Gasteiger partial charge in [-0.15, -0.1) is 0 Å². The molecular weight excluding hydrogens is 2200 g/mol. The Labute approximate surface area is 1040 Å². The fourth-order valence-corrected chi connectivity index (χ4v) is 17.4. The van der Waals surface area contributed by atoms with E-state index in [0.717, 1.165) is 4.72 Å². The molecule has 790 valence electrons. The number of hydrogen-bond donors (Lipinski definition) is 5. The molecule has 5 N–H and O–H groups in total. The van der Waals surface area contributed by atoms with Gasteiger partial charge in [-0.2, -0.15) is 8.42 Å². The number of ether oxygens (including phenoxy) is 18. The number of hydrogen-bond acceptors (Lipinski definition) is 56. The van der Waals surface area contributed by atoms with Gasteiger partial charge in [0.2, 0.25) is 47.5 Å². The van der Waals surface area contributed by atoms with E-state index in [0.29, 0.717) is 59.3 Å². The van der Waals surface area contributed by atoms with Crippen molar-refractivity contribution >= 4 is 128 Å². The zero-order valence-electron chi connectivity index (χ0n) is 83.1. The van der Waals surface area contributed by atoms with Gasteiger partial charge in [-0.25, -0.2) is 51.0 Å². The third kappa shape index (κ3) is 52.3. The van der Waals surface area contributed by atoms with Crippen LogP contribution in [0.3, 0.4) is 0 Å². The topological polar surface area (TPSA) is 874 Å². The molecule has 0 radical (unpaired) electrons. The number of aliphatic carboxylic acids is 3. The van der Waals surface area contributed by atoms with Crippen molar-refractivity contribution in [2.75, 3.05) is 26.4 Å². The molecule has 1 amide bonds. The summed E-state index contributed by atoms with van der Waals surface area (Å²) in [6, 6.07) is -5.99. The molecule has 6 saturated heterocycles. The fourth-order valence-electron chi connectivity index (χ4n) is 14.9. The zero-order valence-corrected chi connectivity index (χ0v) is 106. The van der Waals surface area contributed by atoms with Crippen molar-refractivity contribution in [1.82, 2.24) is 10.0 Å². The summed E-state index contributed by atoms with van der Waals surface area (Å²) in [6.45, 7) is 3.43. The zero-order chi connectivity index (χ0) is 103. The van der Waals surface area contributed by atoms with Crippen LogP contribution in [0.15, 0.2) is 0 Å². The van der Waals surface area contributed by atoms with E-state index in [-0.39, 0.29) is 324 Å². The number of aliphatic hydroxyl groups excluding tert-OH is 2. The third-order valence-electron chi connectivity index (χ3n) is 20.6. The van der Waals surface area contributed by atoms with E-state index in [2.05, 4.69) is 17.9 Å². The summed E-state index contributed by atoms with van der Waals surface area (Å²) in [6.07, 6.45) is -77.8. The maximum atomic E-state index is 14.5. The van der Waals surface area contributed by atoms with Gasteiger partial charge in [-0.1, -0.05) is 98.8 Å². The number of carbonyl (C=O) groups excluding carboxylic acids is 11. The van der Waals surface area contributed by atoms with Crippen LogP contribution in [-0.2, 0) is 221 Å². The van der Waals surface area contributed by atoms with Gasteiger partial charge < -0.3 is 153 Å². The smallest absolute Gasteiger partial charge is 0.735 e. The summed E-state index contributed by atoms with van der Waals surface area (Å²) < 4.78 is 356. The largest absolute Gasteiger partial charge is 1.00 e. The van der Waals surface area contributed by atoms with Gasteiger partial charge in [0.15, 0.2) is 90.6 Å². The van der Waals surface area contributed by atoms with E-state index >= 15 is 0 Å². The Hall–Kier alpha value is 1.87. The third-order valence-corrected chi connectivity index (χ3v) is 23.4. The number of carboxylic acid groups (broad SMARTS) is 3. The molecular formula is C72H106N2Na9O57S6+. The first-order valence-electron chi connectivity index (χ1n) is 42.4. The number of nitrogens with one attached hydrogen (secondary N) is 2. The van der Waals surface area contributed by atoms with E-state index in [4.69, 9.17) is 93.6 Å². The second kappa shape index (κ2) is 73.0. The molecule has 29 unspecified atom stereocenters. The summed E-state index contributed by atoms with van der Waals surface area (Å²) in [7, 11) is -38.0. The van der Waals surface area contributed by atoms with Crippen molar-refractivity contribution in [3.8, 4) is 0 Å². The minimum atomic E-state index is -6.61. The number of carboxylic acids is 3. The molecule has 0 saturated carbocycles. The van der Waals surface area contributed by atoms with Gasteiger partial charge in [0, 0.05) is 52.9 Å². The Morgan fingerprint density at radius 1 is 0.315 bits per heavy atom. The van der Waals surface area contributed by atoms with Crippen LogP contribution in [0.4, 0.5) is 0 Å². The van der Waals surface area contributed by atoms with Gasteiger partial charge in [0.1, 0.15) is 97.5 Å². The normalized spacial score (nSPS) is 29.8. The first-order chi connectivity index (χ1) is 63.8. The Morgan fingerprint density at radius 3 is 0.925 bits per heavy atom. The van der Waals surface area contributed by atoms with E-state index in [1.807, 2.05) is 0 Å². The molecule has 74 heteroatoms. The van der Waals surface area contributed by atoms with Gasteiger partial charge in [-0.05, 0) is 32.1 Å². The SMILES string of the molecule is CCCCCC(=O)OC1C(CO)OC(COS(=O)(=O)[O-])C1OC1OC(C(=O)[O-])C(OC2OC(COS(=O)(=O)[O-])C(OC3OC(C(=O)[O-])C(OC4OC(COS(=O)(=O)[O-])C(OC5OC(C(=O)[O-])C(O)C(OC(=O)CCCCC)C5OC(C)=O)C(OC(=O)CCCCC)C4NC(C)=O)C(OC(=O)CCCCC)C3OC(C)=O)C(OS(=O)(=O)O)C2NS(=O)(=O)[O-])C(OC(=O)CCCCC)C1OS(=O)(=O)[O-].[Na+].[Na+].[Na+].[Na+].[Na+].[Na+].[Na+].[Na+].[Na+]. The van der Waals surface area contributed by atoms with Crippen LogP contribution in [0.25, 0.3) is 0 Å². The molecule has 0 aliphatic carbocycles. The van der Waals surface area contributed by atoms with Gasteiger partial charge in [-0.3, -0.25) is 59.6 Å². The maximum Gasteiger partial charge on any atom is 1.00 e. The Balaban J connectivity index is -0.0000112. The minimum Gasteiger partial charge on any atom is -0.735 e. The summed E-state index contributed by atoms with van der Waals surface area (Å²) in [5, 5.41) is 65.1. The van der Waals surface area contributed by atoms with Crippen molar-refractivity contribution in [1.29, 1.82) is 0 Å². The average Bonchev–Trinajstić information content (AvgIpc) is 0.977. The van der Waals surface area contributed by atoms with E-state index in [1.54, 1.807) is 34.6 Å². The fraction of sp³-hybridized carbons (Fsp3) is 0.847. The number of amides is 1. The monoisotopic (exact) mass is 2310 g/mol. The number of rotatable bonds is 57. The maximum absolute atomic E-state index is 14.5. The van der Waals surface area contributed by atoms with Crippen molar-refractivity contribution in [3.05, 3.63) is 0 Å². The second-order valence-corrected chi connectivity index (χ2v) is 37.6. The van der Waals surface area contributed by atoms with Crippen LogP contribution in [0.5, 0.6) is 0 Å². The molecule has 0 aromatic rings. The molecule has 0 bridgehead atoms. The Morgan fingerprint density at radius 2 is 0.610 bits per heavy atom. The number of aliphatic hydroxyl groups is 2. The predicted molar refractivity (Wildman–Crippen MR) is 418 cm³/mol. The van der Waals surface area contributed by atoms with Crippen molar-refractivity contribution in [2.24, 2.45) is 0 Å². The van der Waals surface area contributed by atoms with Gasteiger partial charge in [0.25, 0.3) is 0 Å². The first-order valence-corrected chi connectivity index (χ1v) is 50.5. The second-order valence-electron chi connectivity index (χ2n) is 31.3. The summed E-state index contributed by atoms with van der Waals surface area (Å²) in [4.78, 5) is 151. The number of esters is 7. The van der Waals surface area contributed by atoms with E-state index in [1.165, 1.54) is 0 Å². The van der Waals surface area contributed by atoms with E-state index < -0.39 is 364 Å². The predicted octanol–water partition coefficient (Wildman–Crippen LogP) is -35.3. The van der Waals surface area contributed by atoms with Crippen LogP contribution >= 0.6 is 0 Å². The van der Waals surface area contributed by atoms with Crippen LogP contribution in [0, 0.1) is 0 Å².